The van der Waals surface area contributed by atoms with Crippen LogP contribution >= 0.6 is 11.3 Å². The number of hydrogen-bond donors (Lipinski definition) is 2. The van der Waals surface area contributed by atoms with E-state index in [-0.39, 0.29) is 29.5 Å². The molecular weight excluding hydrogens is 403 g/mol. The Morgan fingerprint density at radius 3 is 2.77 bits per heavy atom. The number of nitrogens with zero attached hydrogens (tertiary/aromatic N) is 4. The second kappa shape index (κ2) is 8.43. The van der Waals surface area contributed by atoms with Crippen molar-refractivity contribution in [2.45, 2.75) is 43.9 Å². The Labute approximate surface area is 178 Å². The molecule has 7 nitrogen and oxygen atoms in total. The number of nitrogens with two attached hydrogens (primary N) is 1. The molecule has 0 bridgehead atoms. The quantitative estimate of drug-likeness (QED) is 0.569. The number of pyridine rings is 1. The first kappa shape index (κ1) is 20.3. The third kappa shape index (κ3) is 4.16. The zero-order valence-electron chi connectivity index (χ0n) is 16.6. The summed E-state index contributed by atoms with van der Waals surface area (Å²) >= 11 is 1.48. The van der Waals surface area contributed by atoms with Crippen molar-refractivity contribution in [1.29, 1.82) is 0 Å². The van der Waals surface area contributed by atoms with E-state index < -0.39 is 0 Å². The molecule has 3 heterocycles. The van der Waals surface area contributed by atoms with Crippen molar-refractivity contribution in [3.63, 3.8) is 0 Å². The van der Waals surface area contributed by atoms with E-state index in [1.807, 2.05) is 19.1 Å². The fraction of sp³-hybridized carbons (Fsp3) is 0.381. The molecular formula is C21H23FN6OS. The SMILES string of the molecule is CC(CC(N)=O)c1cnc(-c2ccc(NCC3(c4ncccc4F)CCC3)nn2)s1. The molecule has 1 fully saturated rings. The monoisotopic (exact) mass is 426 g/mol. The summed E-state index contributed by atoms with van der Waals surface area (Å²) < 4.78 is 14.3. The number of carbonyl (C=O) groups is 1. The second-order valence-corrected chi connectivity index (χ2v) is 8.83. The van der Waals surface area contributed by atoms with Gasteiger partial charge in [-0.1, -0.05) is 13.3 Å². The molecule has 0 aliphatic heterocycles. The number of rotatable bonds is 8. The lowest BCUT2D eigenvalue weighted by molar-refractivity contribution is -0.118. The van der Waals surface area contributed by atoms with Crippen LogP contribution in [0.5, 0.6) is 0 Å². The number of nitrogens with one attached hydrogen (secondary N) is 1. The van der Waals surface area contributed by atoms with Crippen LogP contribution in [-0.2, 0) is 10.2 Å². The van der Waals surface area contributed by atoms with E-state index in [0.717, 1.165) is 29.1 Å². The maximum absolute atomic E-state index is 14.3. The van der Waals surface area contributed by atoms with Crippen molar-refractivity contribution in [2.24, 2.45) is 5.73 Å². The Hall–Kier alpha value is -2.94. The lowest BCUT2D eigenvalue weighted by Crippen LogP contribution is -2.42. The number of hydrogen-bond acceptors (Lipinski definition) is 7. The Morgan fingerprint density at radius 1 is 1.30 bits per heavy atom. The van der Waals surface area contributed by atoms with E-state index in [0.29, 0.717) is 23.8 Å². The zero-order valence-corrected chi connectivity index (χ0v) is 17.5. The molecule has 1 aliphatic rings. The van der Waals surface area contributed by atoms with Crippen LogP contribution in [0.2, 0.25) is 0 Å². The smallest absolute Gasteiger partial charge is 0.218 e. The van der Waals surface area contributed by atoms with Crippen molar-refractivity contribution in [3.05, 3.63) is 53.0 Å². The summed E-state index contributed by atoms with van der Waals surface area (Å²) in [6.45, 7) is 2.50. The van der Waals surface area contributed by atoms with Gasteiger partial charge in [0.25, 0.3) is 0 Å². The molecule has 9 heteroatoms. The number of carbonyl (C=O) groups excluding carboxylic acids is 1. The lowest BCUT2D eigenvalue weighted by atomic mass is 9.66. The van der Waals surface area contributed by atoms with E-state index in [1.54, 1.807) is 18.5 Å². The van der Waals surface area contributed by atoms with Crippen LogP contribution in [0.25, 0.3) is 10.7 Å². The number of anilines is 1. The Bertz CT molecular complexity index is 1030. The summed E-state index contributed by atoms with van der Waals surface area (Å²) in [6, 6.07) is 6.77. The van der Waals surface area contributed by atoms with Gasteiger partial charge >= 0.3 is 0 Å². The zero-order chi connectivity index (χ0) is 21.1. The van der Waals surface area contributed by atoms with Gasteiger partial charge in [0, 0.05) is 41.6 Å². The highest BCUT2D eigenvalue weighted by Gasteiger charge is 2.41. The molecule has 1 aliphatic carbocycles. The van der Waals surface area contributed by atoms with Crippen LogP contribution in [0, 0.1) is 5.82 Å². The molecule has 3 aromatic heterocycles. The first-order chi connectivity index (χ1) is 14.5. The first-order valence-electron chi connectivity index (χ1n) is 9.90. The summed E-state index contributed by atoms with van der Waals surface area (Å²) in [7, 11) is 0. The Morgan fingerprint density at radius 2 is 2.13 bits per heavy atom. The van der Waals surface area contributed by atoms with Gasteiger partial charge in [0.15, 0.2) is 0 Å². The van der Waals surface area contributed by atoms with Crippen molar-refractivity contribution in [2.75, 3.05) is 11.9 Å². The fourth-order valence-electron chi connectivity index (χ4n) is 3.71. The second-order valence-electron chi connectivity index (χ2n) is 7.76. The third-order valence-electron chi connectivity index (χ3n) is 5.58. The van der Waals surface area contributed by atoms with Crippen molar-refractivity contribution < 1.29 is 9.18 Å². The predicted octanol–water partition coefficient (Wildman–Crippen LogP) is 3.65. The third-order valence-corrected chi connectivity index (χ3v) is 6.83. The molecule has 1 unspecified atom stereocenters. The molecule has 0 radical (unpaired) electrons. The molecule has 3 aromatic rings. The summed E-state index contributed by atoms with van der Waals surface area (Å²) in [5, 5.41) is 12.6. The summed E-state index contributed by atoms with van der Waals surface area (Å²) in [6.07, 6.45) is 6.52. The molecule has 4 rings (SSSR count). The number of aromatic nitrogens is 4. The van der Waals surface area contributed by atoms with Crippen molar-refractivity contribution >= 4 is 23.1 Å². The van der Waals surface area contributed by atoms with Gasteiger partial charge in [-0.2, -0.15) is 0 Å². The average molecular weight is 427 g/mol. The van der Waals surface area contributed by atoms with Gasteiger partial charge in [0.05, 0.1) is 5.69 Å². The van der Waals surface area contributed by atoms with Gasteiger partial charge in [-0.25, -0.2) is 9.37 Å². The van der Waals surface area contributed by atoms with Gasteiger partial charge in [0.2, 0.25) is 5.91 Å². The molecule has 1 amide bonds. The average Bonchev–Trinajstić information content (AvgIpc) is 3.19. The molecule has 0 spiro atoms. The van der Waals surface area contributed by atoms with Crippen LogP contribution < -0.4 is 11.1 Å². The lowest BCUT2D eigenvalue weighted by Gasteiger charge is -2.41. The van der Waals surface area contributed by atoms with Gasteiger partial charge in [-0.05, 0) is 37.1 Å². The fourth-order valence-corrected chi connectivity index (χ4v) is 4.64. The minimum Gasteiger partial charge on any atom is -0.370 e. The highest BCUT2D eigenvalue weighted by atomic mass is 32.1. The van der Waals surface area contributed by atoms with Crippen LogP contribution in [0.3, 0.4) is 0 Å². The standard InChI is InChI=1S/C21H23FN6OS/c1-13(10-17(23)29)16-11-25-20(30-16)15-5-6-18(28-27-15)26-12-21(7-3-8-21)19-14(22)4-2-9-24-19/h2,4-6,9,11,13H,3,7-8,10,12H2,1H3,(H2,23,29)(H,26,28). The minimum atomic E-state index is -0.331. The number of thiazole rings is 1. The normalized spacial score (nSPS) is 15.9. The summed E-state index contributed by atoms with van der Waals surface area (Å²) in [4.78, 5) is 20.8. The van der Waals surface area contributed by atoms with E-state index in [4.69, 9.17) is 5.73 Å². The van der Waals surface area contributed by atoms with Crippen LogP contribution in [0.15, 0.2) is 36.7 Å². The molecule has 3 N–H and O–H groups in total. The van der Waals surface area contributed by atoms with Gasteiger partial charge in [-0.15, -0.1) is 21.5 Å². The minimum absolute atomic E-state index is 0.0216. The molecule has 1 saturated carbocycles. The maximum Gasteiger partial charge on any atom is 0.218 e. The van der Waals surface area contributed by atoms with Gasteiger partial charge < -0.3 is 11.1 Å². The van der Waals surface area contributed by atoms with E-state index in [1.165, 1.54) is 17.4 Å². The first-order valence-corrected chi connectivity index (χ1v) is 10.7. The van der Waals surface area contributed by atoms with Crippen molar-refractivity contribution in [1.82, 2.24) is 20.2 Å². The molecule has 30 heavy (non-hydrogen) atoms. The van der Waals surface area contributed by atoms with E-state index in [9.17, 15) is 9.18 Å². The predicted molar refractivity (Wildman–Crippen MR) is 114 cm³/mol. The van der Waals surface area contributed by atoms with Crippen LogP contribution in [-0.4, -0.2) is 32.6 Å². The number of amides is 1. The van der Waals surface area contributed by atoms with Crippen LogP contribution in [0.1, 0.15) is 49.1 Å². The van der Waals surface area contributed by atoms with Crippen molar-refractivity contribution in [3.8, 4) is 10.7 Å². The Kier molecular flexibility index (Phi) is 5.72. The molecule has 156 valence electrons. The van der Waals surface area contributed by atoms with E-state index in [2.05, 4.69) is 25.5 Å². The maximum atomic E-state index is 14.3. The molecule has 1 atom stereocenters. The van der Waals surface area contributed by atoms with Gasteiger partial charge in [-0.3, -0.25) is 9.78 Å². The number of halogens is 1. The summed E-state index contributed by atoms with van der Waals surface area (Å²) in [5.74, 6) is 0.0570. The molecule has 0 saturated heterocycles. The van der Waals surface area contributed by atoms with Crippen LogP contribution in [0.4, 0.5) is 10.2 Å². The topological polar surface area (TPSA) is 107 Å². The Balaban J connectivity index is 1.43. The highest BCUT2D eigenvalue weighted by Crippen LogP contribution is 2.43. The number of primary amides is 1. The summed E-state index contributed by atoms with van der Waals surface area (Å²) in [5.41, 5.74) is 6.16. The molecule has 0 aromatic carbocycles. The largest absolute Gasteiger partial charge is 0.370 e. The highest BCUT2D eigenvalue weighted by molar-refractivity contribution is 7.15. The van der Waals surface area contributed by atoms with E-state index >= 15 is 0 Å². The van der Waals surface area contributed by atoms with Gasteiger partial charge in [0.1, 0.15) is 22.3 Å².